The minimum Gasteiger partial charge on any atom is -0.459 e. The van der Waals surface area contributed by atoms with Gasteiger partial charge in [-0.2, -0.15) is 0 Å². The van der Waals surface area contributed by atoms with Gasteiger partial charge in [0.2, 0.25) is 0 Å². The lowest BCUT2D eigenvalue weighted by molar-refractivity contribution is -0.164. The number of carbonyl (C=O) groups is 2. The molecule has 10 unspecified atom stereocenters. The smallest absolute Gasteiger partial charge is 0.335 e. The number of nitrogens with one attached hydrogen (secondary N) is 3. The number of esters is 1. The van der Waals surface area contributed by atoms with Gasteiger partial charge >= 0.3 is 17.6 Å². The molecular weight excluding hydrogens is 538 g/mol. The molecule has 4 N–H and O–H groups in total. The molecule has 1 spiro atoms. The number of fused-ring (bicyclic) bond motifs is 3. The molecule has 2 aliphatic heterocycles. The highest BCUT2D eigenvalue weighted by Crippen LogP contribution is 2.78. The van der Waals surface area contributed by atoms with Gasteiger partial charge in [-0.3, -0.25) is 4.79 Å². The summed E-state index contributed by atoms with van der Waals surface area (Å²) in [6, 6.07) is 3.55. The Bertz CT molecular complexity index is 1260. The fourth-order valence-electron chi connectivity index (χ4n) is 10.7. The van der Waals surface area contributed by atoms with Crippen LogP contribution in [-0.4, -0.2) is 66.7 Å². The van der Waals surface area contributed by atoms with E-state index in [0.29, 0.717) is 11.8 Å². The third-order valence-corrected chi connectivity index (χ3v) is 12.5. The number of carbonyl (C=O) groups excluding carboxylic acids is 2. The Morgan fingerprint density at radius 3 is 2.55 bits per heavy atom. The van der Waals surface area contributed by atoms with Gasteiger partial charge in [0.1, 0.15) is 17.8 Å². The lowest BCUT2D eigenvalue weighted by Gasteiger charge is -2.61. The zero-order valence-corrected chi connectivity index (χ0v) is 24.7. The van der Waals surface area contributed by atoms with Gasteiger partial charge in [-0.15, -0.1) is 0 Å². The van der Waals surface area contributed by atoms with Crippen molar-refractivity contribution in [3.63, 3.8) is 0 Å². The summed E-state index contributed by atoms with van der Waals surface area (Å²) >= 11 is 0. The van der Waals surface area contributed by atoms with Gasteiger partial charge in [0.05, 0.1) is 12.9 Å². The molecule has 0 radical (unpaired) electrons. The molecule has 2 saturated heterocycles. The summed E-state index contributed by atoms with van der Waals surface area (Å²) in [7, 11) is 0. The average Bonchev–Trinajstić information content (AvgIpc) is 3.66. The lowest BCUT2D eigenvalue weighted by atomic mass is 9.43. The van der Waals surface area contributed by atoms with Crippen molar-refractivity contribution in [1.82, 2.24) is 16.0 Å². The van der Waals surface area contributed by atoms with Crippen molar-refractivity contribution in [3.05, 3.63) is 34.4 Å². The summed E-state index contributed by atoms with van der Waals surface area (Å²) in [5.41, 5.74) is -0.720. The molecule has 6 fully saturated rings. The number of epoxide rings is 1. The second-order valence-corrected chi connectivity index (χ2v) is 14.2. The predicted molar refractivity (Wildman–Crippen MR) is 153 cm³/mol. The molecule has 1 aromatic rings. The highest BCUT2D eigenvalue weighted by atomic mass is 16.7. The molecule has 0 bridgehead atoms. The van der Waals surface area contributed by atoms with E-state index < -0.39 is 22.7 Å². The Morgan fingerprint density at radius 1 is 1.05 bits per heavy atom. The van der Waals surface area contributed by atoms with E-state index in [4.69, 9.17) is 13.9 Å². The fourth-order valence-corrected chi connectivity index (χ4v) is 10.7. The second-order valence-electron chi connectivity index (χ2n) is 14.2. The summed E-state index contributed by atoms with van der Waals surface area (Å²) in [6.45, 7) is 5.68. The fraction of sp³-hybridized carbons (Fsp3) is 0.781. The molecule has 10 heteroatoms. The summed E-state index contributed by atoms with van der Waals surface area (Å²) in [5, 5.41) is 21.0. The average molecular weight is 584 g/mol. The molecule has 10 nitrogen and oxygen atoms in total. The predicted octanol–water partition coefficient (Wildman–Crippen LogP) is 2.83. The topological polar surface area (TPSA) is 142 Å². The number of hydrogen-bond donors (Lipinski definition) is 4. The van der Waals surface area contributed by atoms with Crippen molar-refractivity contribution < 1.29 is 28.6 Å². The summed E-state index contributed by atoms with van der Waals surface area (Å²) in [5.74, 6) is 0.505. The summed E-state index contributed by atoms with van der Waals surface area (Å²) in [6.07, 6.45) is 9.35. The molecule has 4 saturated carbocycles. The maximum absolute atomic E-state index is 12.8. The van der Waals surface area contributed by atoms with E-state index in [1.165, 1.54) is 19.3 Å². The van der Waals surface area contributed by atoms with Crippen LogP contribution in [0.1, 0.15) is 83.1 Å². The van der Waals surface area contributed by atoms with Gasteiger partial charge in [-0.05, 0) is 106 Å². The number of ether oxygens (including phenoxy) is 2. The van der Waals surface area contributed by atoms with Gasteiger partial charge in [0.15, 0.2) is 0 Å². The van der Waals surface area contributed by atoms with Crippen molar-refractivity contribution in [3.8, 4) is 0 Å². The van der Waals surface area contributed by atoms with E-state index in [-0.39, 0.29) is 54.0 Å². The van der Waals surface area contributed by atoms with Crippen molar-refractivity contribution in [2.75, 3.05) is 19.7 Å². The van der Waals surface area contributed by atoms with E-state index in [9.17, 15) is 19.5 Å². The van der Waals surface area contributed by atoms with Gasteiger partial charge in [-0.1, -0.05) is 6.92 Å². The van der Waals surface area contributed by atoms with Crippen LogP contribution in [0, 0.1) is 28.6 Å². The van der Waals surface area contributed by atoms with Crippen LogP contribution < -0.4 is 21.6 Å². The molecule has 230 valence electrons. The first-order valence-electron chi connectivity index (χ1n) is 16.0. The van der Waals surface area contributed by atoms with Crippen molar-refractivity contribution >= 4 is 12.0 Å². The monoisotopic (exact) mass is 583 g/mol. The van der Waals surface area contributed by atoms with E-state index in [2.05, 4.69) is 22.9 Å². The van der Waals surface area contributed by atoms with Crippen LogP contribution in [0.15, 0.2) is 27.6 Å². The first-order chi connectivity index (χ1) is 20.2. The Labute approximate surface area is 246 Å². The first-order valence-corrected chi connectivity index (χ1v) is 16.0. The van der Waals surface area contributed by atoms with Gasteiger partial charge in [-0.25, -0.2) is 9.59 Å². The molecule has 1 aromatic heterocycles. The lowest BCUT2D eigenvalue weighted by Crippen LogP contribution is -2.61. The molecular formula is C32H45N3O7. The molecule has 10 atom stereocenters. The molecule has 3 heterocycles. The maximum Gasteiger partial charge on any atom is 0.335 e. The second kappa shape index (κ2) is 10.3. The van der Waals surface area contributed by atoms with Crippen LogP contribution in [0.2, 0.25) is 0 Å². The third-order valence-electron chi connectivity index (χ3n) is 12.5. The number of aliphatic hydroxyl groups excluding tert-OH is 1. The van der Waals surface area contributed by atoms with E-state index in [1.807, 2.05) is 0 Å². The zero-order valence-electron chi connectivity index (χ0n) is 24.7. The Balaban J connectivity index is 1.11. The largest absolute Gasteiger partial charge is 0.459 e. The van der Waals surface area contributed by atoms with Crippen LogP contribution in [0.25, 0.3) is 0 Å². The molecule has 42 heavy (non-hydrogen) atoms. The molecule has 2 amide bonds. The van der Waals surface area contributed by atoms with Crippen molar-refractivity contribution in [1.29, 1.82) is 0 Å². The maximum atomic E-state index is 12.8. The van der Waals surface area contributed by atoms with Gasteiger partial charge in [0, 0.05) is 36.4 Å². The van der Waals surface area contributed by atoms with Crippen LogP contribution in [-0.2, 0) is 14.3 Å². The first kappa shape index (κ1) is 28.3. The van der Waals surface area contributed by atoms with Crippen LogP contribution in [0.5, 0.6) is 0 Å². The van der Waals surface area contributed by atoms with E-state index in [1.54, 1.807) is 6.07 Å². The highest BCUT2D eigenvalue weighted by Gasteiger charge is 2.86. The third kappa shape index (κ3) is 4.19. The molecule has 0 aromatic carbocycles. The quantitative estimate of drug-likeness (QED) is 0.306. The van der Waals surface area contributed by atoms with Crippen LogP contribution in [0.3, 0.4) is 0 Å². The van der Waals surface area contributed by atoms with Crippen molar-refractivity contribution in [2.24, 2.45) is 28.6 Å². The van der Waals surface area contributed by atoms with E-state index >= 15 is 0 Å². The minimum absolute atomic E-state index is 0.0343. The Hall–Kier alpha value is -2.43. The highest BCUT2D eigenvalue weighted by molar-refractivity contribution is 5.74. The molecule has 7 rings (SSSR count). The molecule has 6 aliphatic rings. The number of aliphatic hydroxyl groups is 1. The Kier molecular flexibility index (Phi) is 6.98. The van der Waals surface area contributed by atoms with Crippen LogP contribution >= 0.6 is 0 Å². The summed E-state index contributed by atoms with van der Waals surface area (Å²) in [4.78, 5) is 36.9. The zero-order chi connectivity index (χ0) is 29.3. The van der Waals surface area contributed by atoms with Crippen LogP contribution in [0.4, 0.5) is 4.79 Å². The van der Waals surface area contributed by atoms with Gasteiger partial charge < -0.3 is 34.9 Å². The number of urea groups is 1. The number of rotatable bonds is 5. The SMILES string of the molecule is CC(=O)OC1C(c2ccc(=O)oc2)C2(CO)CCC3C(CCC4CC(NC(=O)NC5CCNCC5)CCC43C)C23OC13. The summed E-state index contributed by atoms with van der Waals surface area (Å²) < 4.78 is 17.9. The minimum atomic E-state index is -0.618. The normalized spacial score (nSPS) is 44.1. The standard InChI is InChI=1S/C32H45N3O7/c1-18(37)41-27-26(19-3-6-25(38)40-16-19)31(17-36)12-8-23-24(32(31)28(27)42-32)5-4-20-15-22(7-11-30(20,23)2)35-29(39)34-21-9-13-33-14-10-21/h3,6,16,20-24,26-28,33,36H,4-5,7-15,17H2,1-2H3,(H2,34,35,39). The number of hydrogen-bond acceptors (Lipinski definition) is 8. The Morgan fingerprint density at radius 2 is 1.83 bits per heavy atom. The molecule has 4 aliphatic carbocycles. The number of amides is 2. The van der Waals surface area contributed by atoms with Crippen molar-refractivity contribution in [2.45, 2.75) is 107 Å². The van der Waals surface area contributed by atoms with Gasteiger partial charge in [0.25, 0.3) is 0 Å². The number of piperidine rings is 1. The van der Waals surface area contributed by atoms with E-state index in [0.717, 1.165) is 76.4 Å².